The number of nitrogens with zero attached hydrogens (tertiary/aromatic N) is 3. The molecule has 0 spiro atoms. The van der Waals surface area contributed by atoms with Crippen molar-refractivity contribution in [2.75, 3.05) is 14.1 Å². The van der Waals surface area contributed by atoms with Crippen LogP contribution < -0.4 is 10.9 Å². The van der Waals surface area contributed by atoms with Crippen molar-refractivity contribution in [3.8, 4) is 0 Å². The van der Waals surface area contributed by atoms with Crippen LogP contribution in [0.3, 0.4) is 0 Å². The molecule has 0 fully saturated rings. The molecule has 122 valence electrons. The van der Waals surface area contributed by atoms with Gasteiger partial charge in [0.1, 0.15) is 0 Å². The molecule has 1 heterocycles. The van der Waals surface area contributed by atoms with Crippen LogP contribution in [0.4, 0.5) is 0 Å². The van der Waals surface area contributed by atoms with Crippen molar-refractivity contribution in [3.63, 3.8) is 0 Å². The van der Waals surface area contributed by atoms with E-state index in [0.29, 0.717) is 13.1 Å². The van der Waals surface area contributed by atoms with Crippen molar-refractivity contribution in [1.82, 2.24) is 14.8 Å². The van der Waals surface area contributed by atoms with Crippen molar-refractivity contribution in [2.45, 2.75) is 20.0 Å². The number of aliphatic imine (C=N–C) groups is 1. The van der Waals surface area contributed by atoms with Gasteiger partial charge in [0.2, 0.25) is 0 Å². The molecule has 0 bridgehead atoms. The van der Waals surface area contributed by atoms with Gasteiger partial charge < -0.3 is 14.8 Å². The fraction of sp³-hybridized carbons (Fsp3) is 0.333. The third-order valence-corrected chi connectivity index (χ3v) is 3.75. The Bertz CT molecular complexity index is 732. The van der Waals surface area contributed by atoms with E-state index >= 15 is 0 Å². The van der Waals surface area contributed by atoms with E-state index in [9.17, 15) is 4.79 Å². The minimum Gasteiger partial charge on any atom is -0.352 e. The maximum Gasteiger partial charge on any atom is 0.255 e. The summed E-state index contributed by atoms with van der Waals surface area (Å²) in [6.45, 7) is 2.98. The lowest BCUT2D eigenvalue weighted by atomic mass is 10.2. The zero-order valence-electron chi connectivity index (χ0n) is 14.2. The lowest BCUT2D eigenvalue weighted by Gasteiger charge is -2.18. The van der Waals surface area contributed by atoms with Gasteiger partial charge in [-0.05, 0) is 18.6 Å². The Balaban J connectivity index is 2.09. The van der Waals surface area contributed by atoms with Gasteiger partial charge in [0.15, 0.2) is 5.96 Å². The Kier molecular flexibility index (Phi) is 5.57. The molecule has 5 nitrogen and oxygen atoms in total. The average molecular weight is 312 g/mol. The molecule has 1 aromatic heterocycles. The van der Waals surface area contributed by atoms with E-state index in [1.54, 1.807) is 11.6 Å². The van der Waals surface area contributed by atoms with Gasteiger partial charge in [-0.2, -0.15) is 0 Å². The second-order valence-electron chi connectivity index (χ2n) is 5.74. The first-order valence-corrected chi connectivity index (χ1v) is 7.64. The predicted molar refractivity (Wildman–Crippen MR) is 94.5 cm³/mol. The van der Waals surface area contributed by atoms with Crippen molar-refractivity contribution in [1.29, 1.82) is 0 Å². The van der Waals surface area contributed by atoms with Gasteiger partial charge in [-0.15, -0.1) is 0 Å². The molecule has 2 rings (SSSR count). The van der Waals surface area contributed by atoms with E-state index in [1.165, 1.54) is 0 Å². The normalized spacial score (nSPS) is 11.4. The van der Waals surface area contributed by atoms with Crippen LogP contribution in [0.5, 0.6) is 0 Å². The number of aryl methyl sites for hydroxylation is 1. The number of guanidine groups is 1. The van der Waals surface area contributed by atoms with Gasteiger partial charge >= 0.3 is 0 Å². The van der Waals surface area contributed by atoms with Gasteiger partial charge in [0.25, 0.3) is 5.56 Å². The van der Waals surface area contributed by atoms with E-state index in [1.807, 2.05) is 68.4 Å². The van der Waals surface area contributed by atoms with Crippen molar-refractivity contribution < 1.29 is 0 Å². The quantitative estimate of drug-likeness (QED) is 0.693. The largest absolute Gasteiger partial charge is 0.352 e. The predicted octanol–water partition coefficient (Wildman–Crippen LogP) is 1.90. The third-order valence-electron chi connectivity index (χ3n) is 3.75. The number of pyridine rings is 1. The van der Waals surface area contributed by atoms with Crippen LogP contribution in [-0.2, 0) is 20.1 Å². The van der Waals surface area contributed by atoms with E-state index < -0.39 is 0 Å². The van der Waals surface area contributed by atoms with E-state index in [2.05, 4.69) is 10.3 Å². The molecule has 0 saturated heterocycles. The Morgan fingerprint density at radius 1 is 1.17 bits per heavy atom. The smallest absolute Gasteiger partial charge is 0.255 e. The lowest BCUT2D eigenvalue weighted by Crippen LogP contribution is -2.37. The first-order chi connectivity index (χ1) is 11.0. The highest BCUT2D eigenvalue weighted by atomic mass is 16.1. The Labute approximate surface area is 137 Å². The monoisotopic (exact) mass is 312 g/mol. The van der Waals surface area contributed by atoms with Crippen LogP contribution in [0.1, 0.15) is 16.8 Å². The van der Waals surface area contributed by atoms with Gasteiger partial charge in [-0.25, -0.2) is 4.99 Å². The zero-order valence-corrected chi connectivity index (χ0v) is 14.2. The number of rotatable bonds is 4. The van der Waals surface area contributed by atoms with E-state index in [0.717, 1.165) is 22.8 Å². The number of nitrogens with one attached hydrogen (secondary N) is 1. The van der Waals surface area contributed by atoms with Crippen LogP contribution in [0.25, 0.3) is 0 Å². The maximum absolute atomic E-state index is 12.2. The molecule has 0 unspecified atom stereocenters. The summed E-state index contributed by atoms with van der Waals surface area (Å²) in [6, 6.07) is 13.9. The molecule has 23 heavy (non-hydrogen) atoms. The molecule has 0 atom stereocenters. The highest BCUT2D eigenvalue weighted by Gasteiger charge is 2.06. The van der Waals surface area contributed by atoms with E-state index in [-0.39, 0.29) is 5.56 Å². The van der Waals surface area contributed by atoms with Crippen LogP contribution in [0, 0.1) is 6.92 Å². The fourth-order valence-electron chi connectivity index (χ4n) is 2.19. The number of hydrogen-bond donors (Lipinski definition) is 1. The summed E-state index contributed by atoms with van der Waals surface area (Å²) in [4.78, 5) is 18.7. The summed E-state index contributed by atoms with van der Waals surface area (Å²) >= 11 is 0. The van der Waals surface area contributed by atoms with E-state index in [4.69, 9.17) is 0 Å². The van der Waals surface area contributed by atoms with Gasteiger partial charge in [-0.1, -0.05) is 36.4 Å². The molecule has 0 aliphatic carbocycles. The highest BCUT2D eigenvalue weighted by molar-refractivity contribution is 5.79. The number of hydrogen-bond acceptors (Lipinski definition) is 2. The fourth-order valence-corrected chi connectivity index (χ4v) is 2.19. The van der Waals surface area contributed by atoms with Gasteiger partial charge in [-0.3, -0.25) is 4.79 Å². The molecule has 0 aliphatic rings. The Morgan fingerprint density at radius 3 is 2.52 bits per heavy atom. The molecular formula is C18H24N4O. The van der Waals surface area contributed by atoms with Gasteiger partial charge in [0.05, 0.1) is 6.54 Å². The van der Waals surface area contributed by atoms with Crippen LogP contribution in [0.15, 0.2) is 52.3 Å². The molecule has 0 aliphatic heterocycles. The summed E-state index contributed by atoms with van der Waals surface area (Å²) in [5.41, 5.74) is 2.86. The van der Waals surface area contributed by atoms with Crippen LogP contribution in [-0.4, -0.2) is 29.5 Å². The average Bonchev–Trinajstić information content (AvgIpc) is 2.55. The SMILES string of the molecule is Cc1ccc(CNC(=NCc2ccccc2)N(C)C)c(=O)n1C. The zero-order chi connectivity index (χ0) is 16.8. The maximum atomic E-state index is 12.2. The first-order valence-electron chi connectivity index (χ1n) is 7.64. The van der Waals surface area contributed by atoms with Crippen molar-refractivity contribution in [3.05, 3.63) is 69.6 Å². The summed E-state index contributed by atoms with van der Waals surface area (Å²) < 4.78 is 1.66. The second-order valence-corrected chi connectivity index (χ2v) is 5.74. The van der Waals surface area contributed by atoms with Crippen molar-refractivity contribution >= 4 is 5.96 Å². The summed E-state index contributed by atoms with van der Waals surface area (Å²) in [5.74, 6) is 0.761. The summed E-state index contributed by atoms with van der Waals surface area (Å²) in [5, 5.41) is 3.26. The lowest BCUT2D eigenvalue weighted by molar-refractivity contribution is 0.577. The second kappa shape index (κ2) is 7.63. The minimum atomic E-state index is 0.0265. The van der Waals surface area contributed by atoms with Gasteiger partial charge in [0, 0.05) is 38.9 Å². The molecule has 1 N–H and O–H groups in total. The number of aromatic nitrogens is 1. The summed E-state index contributed by atoms with van der Waals surface area (Å²) in [6.07, 6.45) is 0. The first kappa shape index (κ1) is 16.8. The third kappa shape index (κ3) is 4.45. The molecular weight excluding hydrogens is 288 g/mol. The molecule has 0 radical (unpaired) electrons. The topological polar surface area (TPSA) is 49.6 Å². The summed E-state index contributed by atoms with van der Waals surface area (Å²) in [7, 11) is 5.66. The number of benzene rings is 1. The van der Waals surface area contributed by atoms with Crippen LogP contribution in [0.2, 0.25) is 0 Å². The molecule has 0 saturated carbocycles. The molecule has 0 amide bonds. The molecule has 5 heteroatoms. The molecule has 1 aromatic carbocycles. The Hall–Kier alpha value is -2.56. The highest BCUT2D eigenvalue weighted by Crippen LogP contribution is 2.01. The standard InChI is InChI=1S/C18H24N4O/c1-14-10-11-16(17(23)22(14)4)13-20-18(21(2)3)19-12-15-8-6-5-7-9-15/h5-11H,12-13H2,1-4H3,(H,19,20). The Morgan fingerprint density at radius 2 is 1.87 bits per heavy atom. The molecule has 2 aromatic rings. The van der Waals surface area contributed by atoms with Crippen molar-refractivity contribution in [2.24, 2.45) is 12.0 Å². The van der Waals surface area contributed by atoms with Crippen LogP contribution >= 0.6 is 0 Å². The minimum absolute atomic E-state index is 0.0265.